The Morgan fingerprint density at radius 1 is 1.11 bits per heavy atom. The summed E-state index contributed by atoms with van der Waals surface area (Å²) in [6.45, 7) is 10.2. The normalized spacial score (nSPS) is 21.8. The molecule has 2 nitrogen and oxygen atoms in total. The third-order valence-electron chi connectivity index (χ3n) is 4.78. The van der Waals surface area contributed by atoms with Gasteiger partial charge in [-0.25, -0.2) is 0 Å². The molecule has 0 radical (unpaired) electrons. The predicted octanol–water partition coefficient (Wildman–Crippen LogP) is 3.80. The lowest BCUT2D eigenvalue weighted by atomic mass is 9.87. The van der Waals surface area contributed by atoms with E-state index in [-0.39, 0.29) is 0 Å². The first-order valence-electron chi connectivity index (χ1n) is 8.13. The largest absolute Gasteiger partial charge is 0.329 e. The van der Waals surface area contributed by atoms with Crippen molar-refractivity contribution in [3.05, 3.63) is 0 Å². The average Bonchev–Trinajstić information content (AvgIpc) is 2.62. The van der Waals surface area contributed by atoms with Gasteiger partial charge in [0.1, 0.15) is 0 Å². The molecule has 1 atom stereocenters. The maximum atomic E-state index is 6.19. The second-order valence-electron chi connectivity index (χ2n) is 6.28. The summed E-state index contributed by atoms with van der Waals surface area (Å²) in [4.78, 5) is 2.71. The molecule has 1 aliphatic carbocycles. The van der Waals surface area contributed by atoms with E-state index in [9.17, 15) is 0 Å². The van der Waals surface area contributed by atoms with Gasteiger partial charge in [0.05, 0.1) is 0 Å². The Morgan fingerprint density at radius 3 is 2.17 bits per heavy atom. The molecule has 0 spiro atoms. The van der Waals surface area contributed by atoms with Gasteiger partial charge in [0.25, 0.3) is 0 Å². The van der Waals surface area contributed by atoms with Crippen molar-refractivity contribution in [1.82, 2.24) is 4.90 Å². The molecule has 1 rings (SSSR count). The van der Waals surface area contributed by atoms with Crippen LogP contribution in [0.1, 0.15) is 72.1 Å². The van der Waals surface area contributed by atoms with Gasteiger partial charge < -0.3 is 5.73 Å². The van der Waals surface area contributed by atoms with Crippen molar-refractivity contribution in [2.24, 2.45) is 11.7 Å². The summed E-state index contributed by atoms with van der Waals surface area (Å²) >= 11 is 0. The highest BCUT2D eigenvalue weighted by Crippen LogP contribution is 2.32. The molecule has 0 saturated heterocycles. The van der Waals surface area contributed by atoms with Crippen LogP contribution < -0.4 is 5.73 Å². The van der Waals surface area contributed by atoms with Gasteiger partial charge in [-0.2, -0.15) is 0 Å². The van der Waals surface area contributed by atoms with Crippen molar-refractivity contribution in [1.29, 1.82) is 0 Å². The summed E-state index contributed by atoms with van der Waals surface area (Å²) in [5.41, 5.74) is 6.50. The van der Waals surface area contributed by atoms with Crippen molar-refractivity contribution in [3.63, 3.8) is 0 Å². The molecule has 1 unspecified atom stereocenters. The van der Waals surface area contributed by atoms with Gasteiger partial charge >= 0.3 is 0 Å². The third-order valence-corrected chi connectivity index (χ3v) is 4.78. The minimum Gasteiger partial charge on any atom is -0.329 e. The number of nitrogens with two attached hydrogens (primary N) is 1. The second kappa shape index (κ2) is 8.16. The second-order valence-corrected chi connectivity index (χ2v) is 6.28. The van der Waals surface area contributed by atoms with E-state index in [2.05, 4.69) is 25.7 Å². The third kappa shape index (κ3) is 4.24. The van der Waals surface area contributed by atoms with Crippen LogP contribution in [0, 0.1) is 5.92 Å². The zero-order valence-electron chi connectivity index (χ0n) is 12.9. The van der Waals surface area contributed by atoms with Gasteiger partial charge in [0, 0.05) is 18.6 Å². The van der Waals surface area contributed by atoms with E-state index < -0.39 is 0 Å². The Bertz CT molecular complexity index is 207. The zero-order valence-corrected chi connectivity index (χ0v) is 12.9. The molecular weight excluding hydrogens is 220 g/mol. The fourth-order valence-electron chi connectivity index (χ4n) is 3.65. The Morgan fingerprint density at radius 2 is 1.72 bits per heavy atom. The maximum Gasteiger partial charge on any atom is 0.0331 e. The highest BCUT2D eigenvalue weighted by molar-refractivity contribution is 4.93. The van der Waals surface area contributed by atoms with Crippen LogP contribution in [-0.4, -0.2) is 30.1 Å². The molecule has 2 heteroatoms. The molecule has 0 amide bonds. The number of rotatable bonds is 7. The van der Waals surface area contributed by atoms with Crippen molar-refractivity contribution in [3.8, 4) is 0 Å². The van der Waals surface area contributed by atoms with Crippen molar-refractivity contribution in [2.45, 2.75) is 77.7 Å². The highest BCUT2D eigenvalue weighted by atomic mass is 15.2. The topological polar surface area (TPSA) is 29.3 Å². The standard InChI is InChI=1S/C16H34N2/c1-4-10-15(3)13-18(5-2)16(14-17)11-8-6-7-9-12-16/h15H,4-14,17H2,1-3H3. The minimum atomic E-state index is 0.313. The molecule has 108 valence electrons. The first kappa shape index (κ1) is 16.0. The number of hydrogen-bond donors (Lipinski definition) is 1. The van der Waals surface area contributed by atoms with Crippen LogP contribution in [0.2, 0.25) is 0 Å². The van der Waals surface area contributed by atoms with Gasteiger partial charge in [0.15, 0.2) is 0 Å². The molecule has 0 aliphatic heterocycles. The van der Waals surface area contributed by atoms with E-state index in [1.54, 1.807) is 0 Å². The SMILES string of the molecule is CCCC(C)CN(CC)C1(CN)CCCCCC1. The number of hydrogen-bond acceptors (Lipinski definition) is 2. The molecule has 0 aromatic rings. The van der Waals surface area contributed by atoms with Gasteiger partial charge in [0.2, 0.25) is 0 Å². The summed E-state index contributed by atoms with van der Waals surface area (Å²) in [5, 5.41) is 0. The lowest BCUT2D eigenvalue weighted by Crippen LogP contribution is -2.54. The lowest BCUT2D eigenvalue weighted by Gasteiger charge is -2.44. The summed E-state index contributed by atoms with van der Waals surface area (Å²) in [7, 11) is 0. The quantitative estimate of drug-likeness (QED) is 0.700. The summed E-state index contributed by atoms with van der Waals surface area (Å²) in [6, 6.07) is 0. The number of likely N-dealkylation sites (N-methyl/N-ethyl adjacent to an activating group) is 1. The molecular formula is C16H34N2. The molecule has 1 aliphatic rings. The smallest absolute Gasteiger partial charge is 0.0331 e. The van der Waals surface area contributed by atoms with E-state index >= 15 is 0 Å². The van der Waals surface area contributed by atoms with Crippen LogP contribution in [0.5, 0.6) is 0 Å². The summed E-state index contributed by atoms with van der Waals surface area (Å²) in [5.74, 6) is 0.807. The molecule has 1 saturated carbocycles. The fourth-order valence-corrected chi connectivity index (χ4v) is 3.65. The van der Waals surface area contributed by atoms with Crippen molar-refractivity contribution in [2.75, 3.05) is 19.6 Å². The lowest BCUT2D eigenvalue weighted by molar-refractivity contribution is 0.0674. The Hall–Kier alpha value is -0.0800. The summed E-state index contributed by atoms with van der Waals surface area (Å²) in [6.07, 6.45) is 10.8. The zero-order chi connectivity index (χ0) is 13.4. The average molecular weight is 254 g/mol. The van der Waals surface area contributed by atoms with Crippen LogP contribution in [0.3, 0.4) is 0 Å². The summed E-state index contributed by atoms with van der Waals surface area (Å²) < 4.78 is 0. The highest BCUT2D eigenvalue weighted by Gasteiger charge is 2.35. The first-order valence-corrected chi connectivity index (χ1v) is 8.13. The molecule has 18 heavy (non-hydrogen) atoms. The molecule has 1 fully saturated rings. The molecule has 0 aromatic heterocycles. The van der Waals surface area contributed by atoms with E-state index in [1.165, 1.54) is 57.9 Å². The number of nitrogens with zero attached hydrogens (tertiary/aromatic N) is 1. The maximum absolute atomic E-state index is 6.19. The first-order chi connectivity index (χ1) is 8.68. The fraction of sp³-hybridized carbons (Fsp3) is 1.00. The Balaban J connectivity index is 2.68. The minimum absolute atomic E-state index is 0.313. The van der Waals surface area contributed by atoms with Crippen LogP contribution in [-0.2, 0) is 0 Å². The van der Waals surface area contributed by atoms with Gasteiger partial charge in [-0.3, -0.25) is 4.90 Å². The molecule has 0 aromatic carbocycles. The van der Waals surface area contributed by atoms with E-state index in [0.717, 1.165) is 19.0 Å². The van der Waals surface area contributed by atoms with Crippen LogP contribution in [0.15, 0.2) is 0 Å². The Labute approximate surface area is 114 Å². The van der Waals surface area contributed by atoms with Crippen molar-refractivity contribution < 1.29 is 0 Å². The molecule has 0 heterocycles. The van der Waals surface area contributed by atoms with Gasteiger partial charge in [-0.05, 0) is 31.7 Å². The van der Waals surface area contributed by atoms with Crippen LogP contribution in [0.4, 0.5) is 0 Å². The van der Waals surface area contributed by atoms with Gasteiger partial charge in [-0.15, -0.1) is 0 Å². The van der Waals surface area contributed by atoms with Crippen LogP contribution >= 0.6 is 0 Å². The Kier molecular flexibility index (Phi) is 7.25. The molecule has 2 N–H and O–H groups in total. The van der Waals surface area contributed by atoms with Gasteiger partial charge in [-0.1, -0.05) is 52.9 Å². The van der Waals surface area contributed by atoms with E-state index in [4.69, 9.17) is 5.73 Å². The van der Waals surface area contributed by atoms with E-state index in [0.29, 0.717) is 5.54 Å². The van der Waals surface area contributed by atoms with Crippen LogP contribution in [0.25, 0.3) is 0 Å². The van der Waals surface area contributed by atoms with E-state index in [1.807, 2.05) is 0 Å². The molecule has 0 bridgehead atoms. The van der Waals surface area contributed by atoms with Crippen molar-refractivity contribution >= 4 is 0 Å². The monoisotopic (exact) mass is 254 g/mol. The predicted molar refractivity (Wildman–Crippen MR) is 80.8 cm³/mol.